The number of hydrogen-bond donors (Lipinski definition) is 1. The third kappa shape index (κ3) is 4.29. The van der Waals surface area contributed by atoms with Crippen molar-refractivity contribution in [2.45, 2.75) is 19.3 Å². The zero-order valence-electron chi connectivity index (χ0n) is 10.7. The van der Waals surface area contributed by atoms with Crippen molar-refractivity contribution >= 4 is 17.0 Å². The Balaban J connectivity index is 0.00000180. The van der Waals surface area contributed by atoms with E-state index in [1.165, 1.54) is 16.3 Å². The third-order valence-corrected chi connectivity index (χ3v) is 2.82. The van der Waals surface area contributed by atoms with Gasteiger partial charge in [0.2, 0.25) is 0 Å². The lowest BCUT2D eigenvalue weighted by molar-refractivity contribution is 0.744. The van der Waals surface area contributed by atoms with Gasteiger partial charge in [0.1, 0.15) is 0 Å². The van der Waals surface area contributed by atoms with E-state index in [9.17, 15) is 4.79 Å². The van der Waals surface area contributed by atoms with Crippen LogP contribution in [0.2, 0.25) is 0 Å². The molecule has 0 spiro atoms. The van der Waals surface area contributed by atoms with Crippen molar-refractivity contribution in [2.75, 3.05) is 6.54 Å². The van der Waals surface area contributed by atoms with Crippen LogP contribution in [0.4, 0.5) is 0 Å². The second-order valence-corrected chi connectivity index (χ2v) is 4.19. The molecular weight excluding hydrogens is 306 g/mol. The molecule has 0 saturated carbocycles. The molecule has 2 aromatic rings. The van der Waals surface area contributed by atoms with Crippen LogP contribution in [0.5, 0.6) is 0 Å². The van der Waals surface area contributed by atoms with Gasteiger partial charge in [-0.1, -0.05) is 12.1 Å². The maximum atomic E-state index is 11.6. The van der Waals surface area contributed by atoms with Gasteiger partial charge >= 0.3 is 0 Å². The van der Waals surface area contributed by atoms with Gasteiger partial charge in [-0.2, -0.15) is 9.78 Å². The van der Waals surface area contributed by atoms with E-state index in [1.807, 2.05) is 24.3 Å². The zero-order chi connectivity index (χ0) is 12.8. The summed E-state index contributed by atoms with van der Waals surface area (Å²) in [6.07, 6.45) is 4.77. The van der Waals surface area contributed by atoms with Crippen LogP contribution in [-0.4, -0.2) is 16.3 Å². The molecule has 4 nitrogen and oxygen atoms in total. The number of unbranched alkanes of at least 4 members (excludes halogenated alkanes) is 1. The lowest BCUT2D eigenvalue weighted by Crippen LogP contribution is -2.18. The van der Waals surface area contributed by atoms with Crippen LogP contribution < -0.4 is 11.3 Å². The first-order valence-electron chi connectivity index (χ1n) is 6.15. The molecule has 0 fully saturated rings. The smallest absolute Gasteiger partial charge is 0.271 e. The molecule has 0 radical (unpaired) electrons. The SMILES string of the molecule is Br.NCCCCc1ccc(-n2ncccc2=O)cc1. The quantitative estimate of drug-likeness (QED) is 0.857. The lowest BCUT2D eigenvalue weighted by Gasteiger charge is -2.05. The number of hydrogen-bond acceptors (Lipinski definition) is 3. The molecule has 0 atom stereocenters. The van der Waals surface area contributed by atoms with Crippen molar-refractivity contribution in [1.82, 2.24) is 9.78 Å². The van der Waals surface area contributed by atoms with Crippen molar-refractivity contribution in [2.24, 2.45) is 5.73 Å². The number of halogens is 1. The third-order valence-electron chi connectivity index (χ3n) is 2.82. The Hall–Kier alpha value is -1.46. The molecule has 0 amide bonds. The number of aryl methyl sites for hydroxylation is 1. The minimum absolute atomic E-state index is 0. The summed E-state index contributed by atoms with van der Waals surface area (Å²) in [7, 11) is 0. The van der Waals surface area contributed by atoms with Gasteiger partial charge in [-0.3, -0.25) is 4.79 Å². The van der Waals surface area contributed by atoms with Crippen LogP contribution in [0.25, 0.3) is 5.69 Å². The summed E-state index contributed by atoms with van der Waals surface area (Å²) in [6, 6.07) is 11.1. The van der Waals surface area contributed by atoms with E-state index in [1.54, 1.807) is 12.3 Å². The molecule has 0 aliphatic carbocycles. The fourth-order valence-corrected chi connectivity index (χ4v) is 1.83. The Kier molecular flexibility index (Phi) is 6.45. The molecule has 19 heavy (non-hydrogen) atoms. The number of nitrogens with two attached hydrogens (primary N) is 1. The van der Waals surface area contributed by atoms with Crippen LogP contribution in [0, 0.1) is 0 Å². The normalized spacial score (nSPS) is 9.95. The predicted octanol–water partition coefficient (Wildman–Crippen LogP) is 2.09. The molecule has 1 heterocycles. The Bertz CT molecular complexity index is 551. The number of rotatable bonds is 5. The van der Waals surface area contributed by atoms with Crippen molar-refractivity contribution < 1.29 is 0 Å². The van der Waals surface area contributed by atoms with E-state index in [2.05, 4.69) is 5.10 Å². The summed E-state index contributed by atoms with van der Waals surface area (Å²) in [4.78, 5) is 11.6. The summed E-state index contributed by atoms with van der Waals surface area (Å²) < 4.78 is 1.39. The molecule has 2 N–H and O–H groups in total. The largest absolute Gasteiger partial charge is 0.330 e. The number of aromatic nitrogens is 2. The Morgan fingerprint density at radius 1 is 1.11 bits per heavy atom. The lowest BCUT2D eigenvalue weighted by atomic mass is 10.1. The first kappa shape index (κ1) is 15.6. The van der Waals surface area contributed by atoms with E-state index < -0.39 is 0 Å². The van der Waals surface area contributed by atoms with Gasteiger partial charge in [-0.25, -0.2) is 0 Å². The van der Waals surface area contributed by atoms with Crippen LogP contribution in [0.15, 0.2) is 47.4 Å². The van der Waals surface area contributed by atoms with Gasteiger partial charge in [0.05, 0.1) is 5.69 Å². The Morgan fingerprint density at radius 3 is 2.47 bits per heavy atom. The first-order valence-corrected chi connectivity index (χ1v) is 6.15. The summed E-state index contributed by atoms with van der Waals surface area (Å²) in [5.41, 5.74) is 7.40. The van der Waals surface area contributed by atoms with E-state index in [-0.39, 0.29) is 22.5 Å². The average Bonchev–Trinajstić information content (AvgIpc) is 2.41. The molecular formula is C14H18BrN3O. The summed E-state index contributed by atoms with van der Waals surface area (Å²) in [5.74, 6) is 0. The number of nitrogens with zero attached hydrogens (tertiary/aromatic N) is 2. The van der Waals surface area contributed by atoms with Gasteiger partial charge in [-0.05, 0) is 49.6 Å². The molecule has 0 unspecified atom stereocenters. The topological polar surface area (TPSA) is 60.9 Å². The molecule has 0 aliphatic rings. The van der Waals surface area contributed by atoms with E-state index >= 15 is 0 Å². The highest BCUT2D eigenvalue weighted by molar-refractivity contribution is 8.93. The van der Waals surface area contributed by atoms with Crippen LogP contribution >= 0.6 is 17.0 Å². The van der Waals surface area contributed by atoms with Crippen molar-refractivity contribution in [3.8, 4) is 5.69 Å². The second-order valence-electron chi connectivity index (χ2n) is 4.19. The fourth-order valence-electron chi connectivity index (χ4n) is 1.83. The standard InChI is InChI=1S/C14H17N3O.BrH/c15-10-2-1-4-12-6-8-13(9-7-12)17-14(18)5-3-11-16-17;/h3,5-9,11H,1-2,4,10,15H2;1H. The minimum Gasteiger partial charge on any atom is -0.330 e. The molecule has 0 bridgehead atoms. The highest BCUT2D eigenvalue weighted by Crippen LogP contribution is 2.09. The highest BCUT2D eigenvalue weighted by atomic mass is 79.9. The summed E-state index contributed by atoms with van der Waals surface area (Å²) >= 11 is 0. The minimum atomic E-state index is -0.117. The average molecular weight is 324 g/mol. The molecule has 102 valence electrons. The van der Waals surface area contributed by atoms with Gasteiger partial charge in [-0.15, -0.1) is 17.0 Å². The van der Waals surface area contributed by atoms with Gasteiger partial charge < -0.3 is 5.73 Å². The van der Waals surface area contributed by atoms with Crippen LogP contribution in [0.1, 0.15) is 18.4 Å². The van der Waals surface area contributed by atoms with Gasteiger partial charge in [0.25, 0.3) is 5.56 Å². The molecule has 5 heteroatoms. The van der Waals surface area contributed by atoms with Crippen LogP contribution in [0.3, 0.4) is 0 Å². The van der Waals surface area contributed by atoms with Gasteiger partial charge in [0.15, 0.2) is 0 Å². The summed E-state index contributed by atoms with van der Waals surface area (Å²) in [5, 5.41) is 4.04. The van der Waals surface area contributed by atoms with Crippen molar-refractivity contribution in [1.29, 1.82) is 0 Å². The monoisotopic (exact) mass is 323 g/mol. The maximum absolute atomic E-state index is 11.6. The maximum Gasteiger partial charge on any atom is 0.271 e. The number of benzene rings is 1. The first-order chi connectivity index (χ1) is 8.81. The highest BCUT2D eigenvalue weighted by Gasteiger charge is 2.00. The fraction of sp³-hybridized carbons (Fsp3) is 0.286. The molecule has 0 saturated heterocycles. The van der Waals surface area contributed by atoms with E-state index in [4.69, 9.17) is 5.73 Å². The predicted molar refractivity (Wildman–Crippen MR) is 82.1 cm³/mol. The molecule has 0 aliphatic heterocycles. The van der Waals surface area contributed by atoms with E-state index in [0.717, 1.165) is 31.5 Å². The van der Waals surface area contributed by atoms with Crippen molar-refractivity contribution in [3.05, 3.63) is 58.5 Å². The zero-order valence-corrected chi connectivity index (χ0v) is 12.4. The Labute approximate surface area is 123 Å². The molecule has 1 aromatic heterocycles. The van der Waals surface area contributed by atoms with Gasteiger partial charge in [0, 0.05) is 12.3 Å². The molecule has 1 aromatic carbocycles. The second kappa shape index (κ2) is 7.86. The Morgan fingerprint density at radius 2 is 1.84 bits per heavy atom. The van der Waals surface area contributed by atoms with E-state index in [0.29, 0.717) is 0 Å². The summed E-state index contributed by atoms with van der Waals surface area (Å²) in [6.45, 7) is 0.738. The van der Waals surface area contributed by atoms with Crippen molar-refractivity contribution in [3.63, 3.8) is 0 Å². The molecule has 2 rings (SSSR count). The van der Waals surface area contributed by atoms with Crippen LogP contribution in [-0.2, 0) is 6.42 Å².